The number of carbonyl (C=O) groups excluding carboxylic acids is 1. The Morgan fingerprint density at radius 1 is 1.36 bits per heavy atom. The molecule has 0 amide bonds. The normalized spacial score (nSPS) is 34.1. The van der Waals surface area contributed by atoms with Crippen molar-refractivity contribution in [1.82, 2.24) is 0 Å². The number of nitrogens with zero attached hydrogens (tertiary/aromatic N) is 1. The first-order valence-electron chi connectivity index (χ1n) is 8.57. The second-order valence-corrected chi connectivity index (χ2v) is 8.40. The molecule has 3 nitrogen and oxygen atoms in total. The maximum atomic E-state index is 12.1. The summed E-state index contributed by atoms with van der Waals surface area (Å²) >= 11 is 1.71. The summed E-state index contributed by atoms with van der Waals surface area (Å²) in [5.74, 6) is -0.0153. The molecule has 2 saturated heterocycles. The minimum Gasteiger partial charge on any atom is -0.462 e. The molecular weight excluding hydrogens is 294 g/mol. The van der Waals surface area contributed by atoms with Crippen molar-refractivity contribution in [2.24, 2.45) is 0 Å². The molecule has 2 atom stereocenters. The van der Waals surface area contributed by atoms with Gasteiger partial charge in [-0.2, -0.15) is 0 Å². The van der Waals surface area contributed by atoms with E-state index in [0.717, 1.165) is 19.3 Å². The van der Waals surface area contributed by atoms with E-state index < -0.39 is 0 Å². The van der Waals surface area contributed by atoms with Crippen LogP contribution < -0.4 is 0 Å². The summed E-state index contributed by atoms with van der Waals surface area (Å²) in [6.45, 7) is 4.66. The van der Waals surface area contributed by atoms with Crippen LogP contribution in [0.25, 0.3) is 0 Å². The average Bonchev–Trinajstić information content (AvgIpc) is 3.02. The van der Waals surface area contributed by atoms with Gasteiger partial charge in [-0.3, -0.25) is 4.79 Å². The molecule has 4 heteroatoms. The summed E-state index contributed by atoms with van der Waals surface area (Å²) in [6.07, 6.45) is 6.17. The van der Waals surface area contributed by atoms with E-state index in [0.29, 0.717) is 24.5 Å². The fraction of sp³-hybridized carbons (Fsp3) is 0.722. The number of quaternary nitrogens is 1. The zero-order valence-corrected chi connectivity index (χ0v) is 14.8. The monoisotopic (exact) mass is 322 g/mol. The summed E-state index contributed by atoms with van der Waals surface area (Å²) in [5, 5.41) is 2.06. The van der Waals surface area contributed by atoms with Crippen LogP contribution in [0, 0.1) is 0 Å². The molecule has 22 heavy (non-hydrogen) atoms. The van der Waals surface area contributed by atoms with E-state index in [1.165, 1.54) is 22.2 Å². The SMILES string of the molecule is CC(C)[N+]1(C)C2CCC1CC(OC(=O)CCc1cccs1)C2. The van der Waals surface area contributed by atoms with Gasteiger partial charge in [-0.15, -0.1) is 11.3 Å². The van der Waals surface area contributed by atoms with Crippen LogP contribution in [0.3, 0.4) is 0 Å². The van der Waals surface area contributed by atoms with E-state index in [9.17, 15) is 4.79 Å². The lowest BCUT2D eigenvalue weighted by Crippen LogP contribution is -2.62. The highest BCUT2D eigenvalue weighted by Crippen LogP contribution is 2.43. The van der Waals surface area contributed by atoms with Crippen molar-refractivity contribution < 1.29 is 14.0 Å². The summed E-state index contributed by atoms with van der Waals surface area (Å²) in [7, 11) is 2.40. The van der Waals surface area contributed by atoms with Crippen LogP contribution in [0.1, 0.15) is 50.8 Å². The van der Waals surface area contributed by atoms with Crippen molar-refractivity contribution in [1.29, 1.82) is 0 Å². The lowest BCUT2D eigenvalue weighted by atomic mass is 9.94. The third-order valence-electron chi connectivity index (χ3n) is 6.04. The van der Waals surface area contributed by atoms with Gasteiger partial charge in [-0.25, -0.2) is 0 Å². The molecule has 122 valence electrons. The lowest BCUT2D eigenvalue weighted by molar-refractivity contribution is -0.968. The number of ether oxygens (including phenoxy) is 1. The lowest BCUT2D eigenvalue weighted by Gasteiger charge is -2.49. The highest BCUT2D eigenvalue weighted by atomic mass is 32.1. The number of piperidine rings is 1. The van der Waals surface area contributed by atoms with Crippen molar-refractivity contribution in [3.8, 4) is 0 Å². The Bertz CT molecular complexity index is 497. The number of hydrogen-bond acceptors (Lipinski definition) is 3. The number of rotatable bonds is 5. The number of aryl methyl sites for hydroxylation is 1. The van der Waals surface area contributed by atoms with Gasteiger partial charge in [0.15, 0.2) is 0 Å². The zero-order valence-electron chi connectivity index (χ0n) is 14.0. The predicted octanol–water partition coefficient (Wildman–Crippen LogP) is 3.77. The largest absolute Gasteiger partial charge is 0.462 e. The van der Waals surface area contributed by atoms with Crippen LogP contribution in [-0.4, -0.2) is 41.7 Å². The highest BCUT2D eigenvalue weighted by molar-refractivity contribution is 7.09. The molecule has 1 aromatic rings. The molecule has 3 heterocycles. The van der Waals surface area contributed by atoms with E-state index in [-0.39, 0.29) is 12.1 Å². The Labute approximate surface area is 137 Å². The van der Waals surface area contributed by atoms with Gasteiger partial charge in [0.25, 0.3) is 0 Å². The van der Waals surface area contributed by atoms with Crippen molar-refractivity contribution in [2.45, 2.75) is 76.6 Å². The molecular formula is C18H28NO2S+. The highest BCUT2D eigenvalue weighted by Gasteiger charge is 2.53. The maximum absolute atomic E-state index is 12.1. The zero-order chi connectivity index (χ0) is 15.7. The molecule has 2 aliphatic rings. The Morgan fingerprint density at radius 2 is 2.05 bits per heavy atom. The van der Waals surface area contributed by atoms with E-state index in [1.54, 1.807) is 11.3 Å². The molecule has 0 radical (unpaired) electrons. The van der Waals surface area contributed by atoms with E-state index in [2.05, 4.69) is 32.3 Å². The molecule has 0 N–H and O–H groups in total. The van der Waals surface area contributed by atoms with Gasteiger partial charge >= 0.3 is 5.97 Å². The molecule has 3 rings (SSSR count). The van der Waals surface area contributed by atoms with E-state index in [1.807, 2.05) is 6.07 Å². The number of thiophene rings is 1. The summed E-state index contributed by atoms with van der Waals surface area (Å²) < 4.78 is 6.98. The van der Waals surface area contributed by atoms with Crippen LogP contribution in [0.2, 0.25) is 0 Å². The number of esters is 1. The van der Waals surface area contributed by atoms with Crippen LogP contribution >= 0.6 is 11.3 Å². The quantitative estimate of drug-likeness (QED) is 0.609. The second kappa shape index (κ2) is 6.32. The first-order valence-corrected chi connectivity index (χ1v) is 9.45. The number of carbonyl (C=O) groups is 1. The Morgan fingerprint density at radius 3 is 2.59 bits per heavy atom. The average molecular weight is 322 g/mol. The van der Waals surface area contributed by atoms with Crippen molar-refractivity contribution >= 4 is 17.3 Å². The second-order valence-electron chi connectivity index (χ2n) is 7.36. The summed E-state index contributed by atoms with van der Waals surface area (Å²) in [6, 6.07) is 6.13. The first-order chi connectivity index (χ1) is 10.5. The van der Waals surface area contributed by atoms with Gasteiger partial charge < -0.3 is 9.22 Å². The van der Waals surface area contributed by atoms with Gasteiger partial charge in [0.2, 0.25) is 0 Å². The van der Waals surface area contributed by atoms with Gasteiger partial charge in [0.1, 0.15) is 6.10 Å². The molecule has 0 aliphatic carbocycles. The summed E-state index contributed by atoms with van der Waals surface area (Å²) in [5.41, 5.74) is 0. The third kappa shape index (κ3) is 2.95. The molecule has 2 aliphatic heterocycles. The van der Waals surface area contributed by atoms with Gasteiger partial charge in [-0.1, -0.05) is 6.07 Å². The Hall–Kier alpha value is -0.870. The van der Waals surface area contributed by atoms with Crippen LogP contribution in [0.5, 0.6) is 0 Å². The van der Waals surface area contributed by atoms with Crippen LogP contribution in [-0.2, 0) is 16.0 Å². The molecule has 2 bridgehead atoms. The van der Waals surface area contributed by atoms with E-state index >= 15 is 0 Å². The van der Waals surface area contributed by atoms with Crippen molar-refractivity contribution in [2.75, 3.05) is 7.05 Å². The number of hydrogen-bond donors (Lipinski definition) is 0. The van der Waals surface area contributed by atoms with Crippen LogP contribution in [0.4, 0.5) is 0 Å². The van der Waals surface area contributed by atoms with Crippen molar-refractivity contribution in [3.63, 3.8) is 0 Å². The predicted molar refractivity (Wildman–Crippen MR) is 89.9 cm³/mol. The molecule has 1 aromatic heterocycles. The van der Waals surface area contributed by atoms with Gasteiger partial charge in [0.05, 0.1) is 31.6 Å². The van der Waals surface area contributed by atoms with Gasteiger partial charge in [-0.05, 0) is 31.7 Å². The molecule has 0 saturated carbocycles. The fourth-order valence-electron chi connectivity index (χ4n) is 4.50. The molecule has 0 aromatic carbocycles. The van der Waals surface area contributed by atoms with Crippen molar-refractivity contribution in [3.05, 3.63) is 22.4 Å². The minimum atomic E-state index is -0.0153. The number of fused-ring (bicyclic) bond motifs is 2. The minimum absolute atomic E-state index is 0.0153. The third-order valence-corrected chi connectivity index (χ3v) is 6.98. The maximum Gasteiger partial charge on any atom is 0.306 e. The molecule has 2 unspecified atom stereocenters. The molecule has 0 spiro atoms. The Kier molecular flexibility index (Phi) is 4.60. The topological polar surface area (TPSA) is 26.3 Å². The van der Waals surface area contributed by atoms with E-state index in [4.69, 9.17) is 4.74 Å². The Balaban J connectivity index is 1.52. The van der Waals surface area contributed by atoms with Gasteiger partial charge in [0, 0.05) is 30.6 Å². The first kappa shape index (κ1) is 16.0. The molecule has 2 fully saturated rings. The fourth-order valence-corrected chi connectivity index (χ4v) is 5.21. The standard InChI is InChI=1S/C18H28NO2S/c1-13(2)19(3)14-6-7-15(19)12-16(11-14)21-18(20)9-8-17-5-4-10-22-17/h4-5,10,13-16H,6-9,11-12H2,1-3H3/q+1. The summed E-state index contributed by atoms with van der Waals surface area (Å²) in [4.78, 5) is 13.4. The smallest absolute Gasteiger partial charge is 0.306 e. The van der Waals surface area contributed by atoms with Crippen LogP contribution in [0.15, 0.2) is 17.5 Å².